The molecule has 134 valence electrons. The Morgan fingerprint density at radius 2 is 1.83 bits per heavy atom. The van der Waals surface area contributed by atoms with Crippen LogP contribution in [0.4, 0.5) is 0 Å². The molecule has 0 amide bonds. The first-order valence-electron chi connectivity index (χ1n) is 9.22. The Morgan fingerprint density at radius 3 is 2.54 bits per heavy atom. The Kier molecular flexibility index (Phi) is 5.63. The van der Waals surface area contributed by atoms with E-state index >= 15 is 0 Å². The molecule has 2 aliphatic rings. The van der Waals surface area contributed by atoms with E-state index in [-0.39, 0.29) is 5.25 Å². The predicted molar refractivity (Wildman–Crippen MR) is 98.2 cm³/mol. The summed E-state index contributed by atoms with van der Waals surface area (Å²) in [5, 5.41) is -0.162. The summed E-state index contributed by atoms with van der Waals surface area (Å²) in [6.45, 7) is 8.55. The van der Waals surface area contributed by atoms with Crippen molar-refractivity contribution in [2.45, 2.75) is 44.9 Å². The van der Waals surface area contributed by atoms with E-state index in [2.05, 4.69) is 43.0 Å². The Bertz CT molecular complexity index is 630. The summed E-state index contributed by atoms with van der Waals surface area (Å²) in [5.41, 5.74) is 1.31. The summed E-state index contributed by atoms with van der Waals surface area (Å²) in [7, 11) is -3.10. The lowest BCUT2D eigenvalue weighted by atomic mass is 10.0. The zero-order chi connectivity index (χ0) is 17.2. The van der Waals surface area contributed by atoms with Crippen LogP contribution in [0.3, 0.4) is 0 Å². The minimum Gasteiger partial charge on any atom is -0.299 e. The van der Waals surface area contributed by atoms with Gasteiger partial charge in [-0.15, -0.1) is 0 Å². The van der Waals surface area contributed by atoms with E-state index in [9.17, 15) is 8.42 Å². The molecule has 2 aliphatic heterocycles. The normalized spacial score (nSPS) is 28.0. The van der Waals surface area contributed by atoms with Gasteiger partial charge in [-0.05, 0) is 49.8 Å². The van der Waals surface area contributed by atoms with Gasteiger partial charge in [0.05, 0.1) is 5.25 Å². The van der Waals surface area contributed by atoms with Crippen LogP contribution >= 0.6 is 0 Å². The smallest absolute Gasteiger partial charge is 0.217 e. The molecule has 3 rings (SSSR count). The van der Waals surface area contributed by atoms with E-state index in [1.54, 1.807) is 4.31 Å². The highest BCUT2D eigenvalue weighted by Gasteiger charge is 2.46. The topological polar surface area (TPSA) is 40.6 Å². The van der Waals surface area contributed by atoms with Crippen LogP contribution in [-0.2, 0) is 16.6 Å². The lowest BCUT2D eigenvalue weighted by Gasteiger charge is -2.22. The molecule has 4 nitrogen and oxygen atoms in total. The molecule has 2 fully saturated rings. The van der Waals surface area contributed by atoms with Crippen molar-refractivity contribution >= 4 is 10.0 Å². The average molecular weight is 351 g/mol. The van der Waals surface area contributed by atoms with Crippen molar-refractivity contribution in [3.63, 3.8) is 0 Å². The lowest BCUT2D eigenvalue weighted by molar-refractivity contribution is 0.266. The average Bonchev–Trinajstić information content (AvgIpc) is 2.68. The van der Waals surface area contributed by atoms with E-state index in [4.69, 9.17) is 0 Å². The summed E-state index contributed by atoms with van der Waals surface area (Å²) in [6, 6.07) is 10.5. The minimum absolute atomic E-state index is 0.162. The van der Waals surface area contributed by atoms with Crippen molar-refractivity contribution in [1.82, 2.24) is 9.21 Å². The van der Waals surface area contributed by atoms with Crippen molar-refractivity contribution in [3.8, 4) is 0 Å². The maximum atomic E-state index is 12.9. The lowest BCUT2D eigenvalue weighted by Crippen LogP contribution is -2.33. The predicted octanol–water partition coefficient (Wildman–Crippen LogP) is 2.96. The van der Waals surface area contributed by atoms with Gasteiger partial charge in [0.1, 0.15) is 0 Å². The molecule has 0 saturated carbocycles. The molecule has 0 radical (unpaired) electrons. The van der Waals surface area contributed by atoms with Gasteiger partial charge in [0.15, 0.2) is 0 Å². The first kappa shape index (κ1) is 17.9. The van der Waals surface area contributed by atoms with E-state index in [1.807, 2.05) is 6.07 Å². The van der Waals surface area contributed by atoms with E-state index in [1.165, 1.54) is 5.56 Å². The molecule has 0 N–H and O–H groups in total. The number of benzene rings is 1. The van der Waals surface area contributed by atoms with E-state index in [0.717, 1.165) is 45.4 Å². The largest absolute Gasteiger partial charge is 0.299 e. The number of sulfonamides is 1. The second kappa shape index (κ2) is 7.54. The SMILES string of the molecule is CC(C)CCN1C[C@@H]2CCN(Cc3ccccc3)CC[C@@H]2S1(=O)=O. The molecule has 2 heterocycles. The summed E-state index contributed by atoms with van der Waals surface area (Å²) in [5.74, 6) is 0.856. The zero-order valence-electron chi connectivity index (χ0n) is 14.9. The number of likely N-dealkylation sites (tertiary alicyclic amines) is 1. The Balaban J connectivity index is 1.61. The van der Waals surface area contributed by atoms with Gasteiger partial charge < -0.3 is 0 Å². The fourth-order valence-corrected chi connectivity index (χ4v) is 6.22. The second-order valence-electron chi connectivity index (χ2n) is 7.72. The summed E-state index contributed by atoms with van der Waals surface area (Å²) < 4.78 is 27.5. The molecule has 2 atom stereocenters. The summed E-state index contributed by atoms with van der Waals surface area (Å²) in [6.07, 6.45) is 2.73. The van der Waals surface area contributed by atoms with Crippen LogP contribution in [0.5, 0.6) is 0 Å². The third kappa shape index (κ3) is 4.01. The third-order valence-electron chi connectivity index (χ3n) is 5.46. The Labute approximate surface area is 146 Å². The van der Waals surface area contributed by atoms with Crippen LogP contribution in [0.2, 0.25) is 0 Å². The summed E-state index contributed by atoms with van der Waals surface area (Å²) >= 11 is 0. The van der Waals surface area contributed by atoms with E-state index in [0.29, 0.717) is 18.4 Å². The van der Waals surface area contributed by atoms with Crippen LogP contribution in [0.1, 0.15) is 38.7 Å². The van der Waals surface area contributed by atoms with Gasteiger partial charge in [0.25, 0.3) is 0 Å². The zero-order valence-corrected chi connectivity index (χ0v) is 15.7. The number of nitrogens with zero attached hydrogens (tertiary/aromatic N) is 2. The van der Waals surface area contributed by atoms with E-state index < -0.39 is 10.0 Å². The molecule has 1 aromatic carbocycles. The maximum absolute atomic E-state index is 12.9. The van der Waals surface area contributed by atoms with Crippen LogP contribution in [0.25, 0.3) is 0 Å². The van der Waals surface area contributed by atoms with Crippen molar-refractivity contribution in [2.75, 3.05) is 26.2 Å². The third-order valence-corrected chi connectivity index (χ3v) is 7.89. The van der Waals surface area contributed by atoms with Gasteiger partial charge in [0, 0.05) is 19.6 Å². The summed E-state index contributed by atoms with van der Waals surface area (Å²) in [4.78, 5) is 2.42. The number of rotatable bonds is 5. The number of hydrogen-bond donors (Lipinski definition) is 0. The van der Waals surface area contributed by atoms with Crippen molar-refractivity contribution in [2.24, 2.45) is 11.8 Å². The maximum Gasteiger partial charge on any atom is 0.217 e. The van der Waals surface area contributed by atoms with Crippen LogP contribution in [0, 0.1) is 11.8 Å². The monoisotopic (exact) mass is 350 g/mol. The van der Waals surface area contributed by atoms with Gasteiger partial charge in [-0.1, -0.05) is 44.2 Å². The van der Waals surface area contributed by atoms with Gasteiger partial charge in [-0.3, -0.25) is 4.90 Å². The molecule has 5 heteroatoms. The van der Waals surface area contributed by atoms with Crippen molar-refractivity contribution in [1.29, 1.82) is 0 Å². The molecule has 1 aromatic rings. The number of fused-ring (bicyclic) bond motifs is 1. The molecular formula is C19H30N2O2S. The van der Waals surface area contributed by atoms with Gasteiger partial charge in [0.2, 0.25) is 10.0 Å². The number of hydrogen-bond acceptors (Lipinski definition) is 3. The highest BCUT2D eigenvalue weighted by Crippen LogP contribution is 2.34. The quantitative estimate of drug-likeness (QED) is 0.820. The van der Waals surface area contributed by atoms with Crippen LogP contribution in [-0.4, -0.2) is 49.1 Å². The molecule has 0 unspecified atom stereocenters. The first-order valence-corrected chi connectivity index (χ1v) is 10.7. The molecule has 24 heavy (non-hydrogen) atoms. The second-order valence-corrected chi connectivity index (χ2v) is 9.87. The molecule has 0 aromatic heterocycles. The van der Waals surface area contributed by atoms with Gasteiger partial charge in [-0.2, -0.15) is 0 Å². The Hall–Kier alpha value is -0.910. The molecular weight excluding hydrogens is 320 g/mol. The highest BCUT2D eigenvalue weighted by molar-refractivity contribution is 7.90. The van der Waals surface area contributed by atoms with Crippen LogP contribution < -0.4 is 0 Å². The van der Waals surface area contributed by atoms with Gasteiger partial charge in [-0.25, -0.2) is 12.7 Å². The fourth-order valence-electron chi connectivity index (χ4n) is 3.97. The first-order chi connectivity index (χ1) is 11.5. The molecule has 0 aliphatic carbocycles. The van der Waals surface area contributed by atoms with Crippen molar-refractivity contribution < 1.29 is 8.42 Å². The van der Waals surface area contributed by atoms with Gasteiger partial charge >= 0.3 is 0 Å². The molecule has 2 saturated heterocycles. The molecule has 0 spiro atoms. The standard InChI is InChI=1S/C19H30N2O2S/c1-16(2)8-13-21-15-18-9-11-20(12-10-19(18)24(21,22)23)14-17-6-4-3-5-7-17/h3-7,16,18-19H,8-15H2,1-2H3/t18-,19-/m0/s1. The highest BCUT2D eigenvalue weighted by atomic mass is 32.2. The van der Waals surface area contributed by atoms with Crippen molar-refractivity contribution in [3.05, 3.63) is 35.9 Å². The Morgan fingerprint density at radius 1 is 1.12 bits per heavy atom. The van der Waals surface area contributed by atoms with Crippen LogP contribution in [0.15, 0.2) is 30.3 Å². The molecule has 0 bridgehead atoms. The minimum atomic E-state index is -3.10. The fraction of sp³-hybridized carbons (Fsp3) is 0.684.